The molecule has 1 aromatic heterocycles. The van der Waals surface area contributed by atoms with E-state index in [4.69, 9.17) is 11.6 Å². The molecule has 0 bridgehead atoms. The van der Waals surface area contributed by atoms with Gasteiger partial charge in [0.15, 0.2) is 0 Å². The lowest BCUT2D eigenvalue weighted by Crippen LogP contribution is -2.25. The Morgan fingerprint density at radius 1 is 1.04 bits per heavy atom. The van der Waals surface area contributed by atoms with Gasteiger partial charge in [-0.15, -0.1) is 0 Å². The third-order valence-corrected chi connectivity index (χ3v) is 5.22. The predicted octanol–water partition coefficient (Wildman–Crippen LogP) is 3.05. The van der Waals surface area contributed by atoms with Crippen molar-refractivity contribution in [3.63, 3.8) is 0 Å². The van der Waals surface area contributed by atoms with Crippen LogP contribution in [-0.4, -0.2) is 24.7 Å². The van der Waals surface area contributed by atoms with Crippen LogP contribution < -0.4 is 4.72 Å². The minimum Gasteiger partial charge on any atom is -0.241 e. The van der Waals surface area contributed by atoms with Gasteiger partial charge in [-0.25, -0.2) is 17.8 Å². The van der Waals surface area contributed by atoms with Gasteiger partial charge >= 0.3 is 0 Å². The van der Waals surface area contributed by atoms with Crippen molar-refractivity contribution in [2.45, 2.75) is 11.3 Å². The topological polar surface area (TPSA) is 64.0 Å². The van der Waals surface area contributed by atoms with Crippen LogP contribution in [-0.2, 0) is 16.4 Å². The van der Waals surface area contributed by atoms with E-state index in [-0.39, 0.29) is 4.90 Å². The molecule has 0 saturated carbocycles. The van der Waals surface area contributed by atoms with Gasteiger partial charge in [0.25, 0.3) is 0 Å². The summed E-state index contributed by atoms with van der Waals surface area (Å²) in [5, 5.41) is 4.80. The lowest BCUT2D eigenvalue weighted by atomic mass is 10.2. The smallest absolute Gasteiger partial charge is 0.240 e. The Morgan fingerprint density at radius 2 is 1.75 bits per heavy atom. The largest absolute Gasteiger partial charge is 0.241 e. The zero-order valence-electron chi connectivity index (χ0n) is 12.8. The van der Waals surface area contributed by atoms with Crippen molar-refractivity contribution in [1.82, 2.24) is 14.5 Å². The lowest BCUT2D eigenvalue weighted by Gasteiger charge is -2.06. The molecule has 0 aliphatic rings. The highest BCUT2D eigenvalue weighted by molar-refractivity contribution is 7.89. The lowest BCUT2D eigenvalue weighted by molar-refractivity contribution is 0.581. The molecule has 0 saturated heterocycles. The van der Waals surface area contributed by atoms with Crippen molar-refractivity contribution in [3.8, 4) is 5.69 Å². The third-order valence-electron chi connectivity index (χ3n) is 3.49. The molecule has 3 aromatic rings. The van der Waals surface area contributed by atoms with E-state index in [2.05, 4.69) is 9.82 Å². The Labute approximate surface area is 145 Å². The molecule has 0 fully saturated rings. The fourth-order valence-corrected chi connectivity index (χ4v) is 3.40. The summed E-state index contributed by atoms with van der Waals surface area (Å²) < 4.78 is 28.7. The van der Waals surface area contributed by atoms with Gasteiger partial charge in [0.05, 0.1) is 16.8 Å². The number of nitrogens with zero attached hydrogens (tertiary/aromatic N) is 2. The van der Waals surface area contributed by atoms with Crippen LogP contribution in [0.1, 0.15) is 5.56 Å². The molecular weight excluding hydrogens is 346 g/mol. The van der Waals surface area contributed by atoms with Crippen LogP contribution >= 0.6 is 11.6 Å². The van der Waals surface area contributed by atoms with Gasteiger partial charge in [-0.3, -0.25) is 0 Å². The van der Waals surface area contributed by atoms with Gasteiger partial charge in [-0.05, 0) is 48.4 Å². The van der Waals surface area contributed by atoms with E-state index in [1.807, 2.05) is 36.5 Å². The van der Waals surface area contributed by atoms with Gasteiger partial charge in [-0.1, -0.05) is 29.8 Å². The molecule has 0 amide bonds. The summed E-state index contributed by atoms with van der Waals surface area (Å²) in [6.07, 6.45) is 4.19. The van der Waals surface area contributed by atoms with Crippen LogP contribution in [0.4, 0.5) is 0 Å². The number of sulfonamides is 1. The number of hydrogen-bond donors (Lipinski definition) is 1. The standard InChI is InChI=1S/C17H16ClN3O2S/c18-15-6-8-17(9-7-15)24(22,23)20-11-10-14-12-19-21(13-14)16-4-2-1-3-5-16/h1-9,12-13,20H,10-11H2. The second kappa shape index (κ2) is 7.17. The zero-order chi connectivity index (χ0) is 17.0. The van der Waals surface area contributed by atoms with E-state index in [1.54, 1.807) is 23.0 Å². The van der Waals surface area contributed by atoms with Crippen molar-refractivity contribution in [3.05, 3.63) is 77.6 Å². The monoisotopic (exact) mass is 361 g/mol. The molecule has 24 heavy (non-hydrogen) atoms. The predicted molar refractivity (Wildman–Crippen MR) is 93.9 cm³/mol. The van der Waals surface area contributed by atoms with Crippen molar-refractivity contribution in [2.75, 3.05) is 6.54 Å². The molecule has 5 nitrogen and oxygen atoms in total. The van der Waals surface area contributed by atoms with Crippen molar-refractivity contribution in [2.24, 2.45) is 0 Å². The maximum atomic E-state index is 12.2. The molecule has 0 unspecified atom stereocenters. The summed E-state index contributed by atoms with van der Waals surface area (Å²) in [5.41, 5.74) is 1.92. The van der Waals surface area contributed by atoms with Crippen LogP contribution in [0.5, 0.6) is 0 Å². The van der Waals surface area contributed by atoms with E-state index in [9.17, 15) is 8.42 Å². The highest BCUT2D eigenvalue weighted by Crippen LogP contribution is 2.14. The normalized spacial score (nSPS) is 11.5. The second-order valence-corrected chi connectivity index (χ2v) is 7.43. The molecule has 1 heterocycles. The fourth-order valence-electron chi connectivity index (χ4n) is 2.24. The first kappa shape index (κ1) is 16.7. The Kier molecular flexibility index (Phi) is 4.99. The van der Waals surface area contributed by atoms with Crippen molar-refractivity contribution >= 4 is 21.6 Å². The Hall–Kier alpha value is -2.15. The Balaban J connectivity index is 1.60. The van der Waals surface area contributed by atoms with Gasteiger partial charge in [0.1, 0.15) is 0 Å². The Bertz CT molecular complexity index is 907. The third kappa shape index (κ3) is 4.03. The molecular formula is C17H16ClN3O2S. The van der Waals surface area contributed by atoms with Gasteiger partial charge in [-0.2, -0.15) is 5.10 Å². The van der Waals surface area contributed by atoms with E-state index in [0.717, 1.165) is 11.3 Å². The first-order chi connectivity index (χ1) is 11.5. The number of aromatic nitrogens is 2. The SMILES string of the molecule is O=S(=O)(NCCc1cnn(-c2ccccc2)c1)c1ccc(Cl)cc1. The average Bonchev–Trinajstić information content (AvgIpc) is 3.05. The summed E-state index contributed by atoms with van der Waals surface area (Å²) in [5.74, 6) is 0. The number of halogens is 1. The molecule has 7 heteroatoms. The van der Waals surface area contributed by atoms with Crippen LogP contribution in [0.2, 0.25) is 5.02 Å². The quantitative estimate of drug-likeness (QED) is 0.734. The summed E-state index contributed by atoms with van der Waals surface area (Å²) in [4.78, 5) is 0.201. The number of rotatable bonds is 6. The molecule has 0 aliphatic carbocycles. The molecule has 0 atom stereocenters. The average molecular weight is 362 g/mol. The molecule has 1 N–H and O–H groups in total. The highest BCUT2D eigenvalue weighted by atomic mass is 35.5. The fraction of sp³-hybridized carbons (Fsp3) is 0.118. The zero-order valence-corrected chi connectivity index (χ0v) is 14.3. The molecule has 0 radical (unpaired) electrons. The first-order valence-corrected chi connectivity index (χ1v) is 9.25. The van der Waals surface area contributed by atoms with E-state index >= 15 is 0 Å². The number of para-hydroxylation sites is 1. The molecule has 3 rings (SSSR count). The van der Waals surface area contributed by atoms with Crippen LogP contribution in [0.3, 0.4) is 0 Å². The summed E-state index contributed by atoms with van der Waals surface area (Å²) in [6, 6.07) is 15.8. The van der Waals surface area contributed by atoms with Gasteiger partial charge in [0, 0.05) is 17.8 Å². The Morgan fingerprint density at radius 3 is 2.46 bits per heavy atom. The van der Waals surface area contributed by atoms with Gasteiger partial charge < -0.3 is 0 Å². The summed E-state index contributed by atoms with van der Waals surface area (Å²) >= 11 is 5.77. The summed E-state index contributed by atoms with van der Waals surface area (Å²) in [6.45, 7) is 0.297. The molecule has 0 aliphatic heterocycles. The van der Waals surface area contributed by atoms with E-state index in [0.29, 0.717) is 18.0 Å². The maximum Gasteiger partial charge on any atom is 0.240 e. The molecule has 0 spiro atoms. The van der Waals surface area contributed by atoms with E-state index < -0.39 is 10.0 Å². The van der Waals surface area contributed by atoms with Gasteiger partial charge in [0.2, 0.25) is 10.0 Å². The minimum atomic E-state index is -3.53. The molecule has 124 valence electrons. The van der Waals surface area contributed by atoms with Crippen molar-refractivity contribution in [1.29, 1.82) is 0 Å². The minimum absolute atomic E-state index is 0.201. The van der Waals surface area contributed by atoms with Crippen LogP contribution in [0, 0.1) is 0 Å². The second-order valence-electron chi connectivity index (χ2n) is 5.23. The number of nitrogens with one attached hydrogen (secondary N) is 1. The number of benzene rings is 2. The van der Waals surface area contributed by atoms with E-state index in [1.165, 1.54) is 12.1 Å². The highest BCUT2D eigenvalue weighted by Gasteiger charge is 2.13. The first-order valence-electron chi connectivity index (χ1n) is 7.39. The van der Waals surface area contributed by atoms with Crippen LogP contribution in [0.25, 0.3) is 5.69 Å². The molecule has 2 aromatic carbocycles. The van der Waals surface area contributed by atoms with Crippen LogP contribution in [0.15, 0.2) is 71.9 Å². The number of hydrogen-bond acceptors (Lipinski definition) is 3. The maximum absolute atomic E-state index is 12.2. The summed E-state index contributed by atoms with van der Waals surface area (Å²) in [7, 11) is -3.53. The van der Waals surface area contributed by atoms with Crippen molar-refractivity contribution < 1.29 is 8.42 Å².